The van der Waals surface area contributed by atoms with E-state index in [0.717, 1.165) is 0 Å². The number of rotatable bonds is 4. The van der Waals surface area contributed by atoms with Gasteiger partial charge in [-0.15, -0.1) is 0 Å². The summed E-state index contributed by atoms with van der Waals surface area (Å²) in [7, 11) is 0. The molecule has 0 bridgehead atoms. The summed E-state index contributed by atoms with van der Waals surface area (Å²) < 4.78 is 10.7. The minimum Gasteiger partial charge on any atom is -0.368 e. The summed E-state index contributed by atoms with van der Waals surface area (Å²) in [5.74, 6) is -0.114. The SMILES string of the molecule is CC1(CN2CC(C)(C)C(=O)N(CC3(C)CO3)C2=O)CO1. The van der Waals surface area contributed by atoms with Crippen molar-refractivity contribution < 1.29 is 19.1 Å². The Balaban J connectivity index is 1.79. The zero-order valence-corrected chi connectivity index (χ0v) is 12.6. The zero-order valence-electron chi connectivity index (χ0n) is 12.6. The fourth-order valence-corrected chi connectivity index (χ4v) is 2.67. The minimum absolute atomic E-state index is 0.114. The van der Waals surface area contributed by atoms with Crippen LogP contribution in [-0.2, 0) is 14.3 Å². The Hall–Kier alpha value is -1.14. The molecule has 0 aromatic carbocycles. The van der Waals surface area contributed by atoms with Gasteiger partial charge in [0.05, 0.1) is 31.7 Å². The van der Waals surface area contributed by atoms with E-state index in [0.29, 0.717) is 32.8 Å². The molecule has 0 radical (unpaired) electrons. The van der Waals surface area contributed by atoms with E-state index in [1.54, 1.807) is 4.90 Å². The Bertz CT molecular complexity index is 466. The van der Waals surface area contributed by atoms with Gasteiger partial charge in [-0.1, -0.05) is 0 Å². The first-order valence-electron chi connectivity index (χ1n) is 7.03. The van der Waals surface area contributed by atoms with E-state index >= 15 is 0 Å². The molecule has 3 amide bonds. The van der Waals surface area contributed by atoms with Crippen molar-refractivity contribution in [2.24, 2.45) is 5.41 Å². The van der Waals surface area contributed by atoms with Crippen molar-refractivity contribution in [2.75, 3.05) is 32.8 Å². The Labute approximate surface area is 119 Å². The molecule has 2 atom stereocenters. The number of carbonyl (C=O) groups is 2. The van der Waals surface area contributed by atoms with Gasteiger partial charge in [-0.25, -0.2) is 4.79 Å². The highest BCUT2D eigenvalue weighted by atomic mass is 16.6. The van der Waals surface area contributed by atoms with Crippen LogP contribution in [0.4, 0.5) is 4.79 Å². The maximum absolute atomic E-state index is 12.6. The lowest BCUT2D eigenvalue weighted by Crippen LogP contribution is -2.62. The van der Waals surface area contributed by atoms with Crippen molar-refractivity contribution in [3.63, 3.8) is 0 Å². The van der Waals surface area contributed by atoms with Crippen LogP contribution in [0, 0.1) is 5.41 Å². The fraction of sp³-hybridized carbons (Fsp3) is 0.857. The predicted molar refractivity (Wildman–Crippen MR) is 71.2 cm³/mol. The fourth-order valence-electron chi connectivity index (χ4n) is 2.67. The van der Waals surface area contributed by atoms with E-state index < -0.39 is 5.41 Å². The van der Waals surface area contributed by atoms with Crippen molar-refractivity contribution >= 4 is 11.9 Å². The first kappa shape index (κ1) is 13.8. The summed E-state index contributed by atoms with van der Waals surface area (Å²) in [6, 6.07) is -0.220. The summed E-state index contributed by atoms with van der Waals surface area (Å²) >= 11 is 0. The smallest absolute Gasteiger partial charge is 0.326 e. The number of hydrogen-bond acceptors (Lipinski definition) is 4. The molecule has 3 rings (SSSR count). The molecular weight excluding hydrogens is 260 g/mol. The van der Waals surface area contributed by atoms with Crippen molar-refractivity contribution in [3.8, 4) is 0 Å². The van der Waals surface area contributed by atoms with E-state index in [4.69, 9.17) is 9.47 Å². The molecule has 0 aliphatic carbocycles. The average Bonchev–Trinajstić information content (AvgIpc) is 3.24. The molecule has 3 aliphatic heterocycles. The predicted octanol–water partition coefficient (Wildman–Crippen LogP) is 0.855. The van der Waals surface area contributed by atoms with Crippen molar-refractivity contribution in [1.29, 1.82) is 0 Å². The maximum atomic E-state index is 12.6. The van der Waals surface area contributed by atoms with Crippen LogP contribution in [0.5, 0.6) is 0 Å². The highest BCUT2D eigenvalue weighted by molar-refractivity contribution is 6.00. The third-order valence-electron chi connectivity index (χ3n) is 4.20. The topological polar surface area (TPSA) is 65.7 Å². The van der Waals surface area contributed by atoms with Crippen molar-refractivity contribution in [2.45, 2.75) is 38.9 Å². The lowest BCUT2D eigenvalue weighted by molar-refractivity contribution is -0.142. The molecule has 0 saturated carbocycles. The number of hydrogen-bond donors (Lipinski definition) is 0. The van der Waals surface area contributed by atoms with Gasteiger partial charge in [0.15, 0.2) is 0 Å². The molecule has 0 aromatic rings. The van der Waals surface area contributed by atoms with Crippen LogP contribution in [0.3, 0.4) is 0 Å². The molecule has 2 unspecified atom stereocenters. The molecular formula is C14H22N2O4. The van der Waals surface area contributed by atoms with E-state index in [1.807, 2.05) is 27.7 Å². The number of nitrogens with zero attached hydrogens (tertiary/aromatic N) is 2. The Morgan fingerprint density at radius 1 is 1.00 bits per heavy atom. The van der Waals surface area contributed by atoms with Gasteiger partial charge in [-0.05, 0) is 27.7 Å². The van der Waals surface area contributed by atoms with Crippen molar-refractivity contribution in [3.05, 3.63) is 0 Å². The van der Waals surface area contributed by atoms with Gasteiger partial charge in [-0.2, -0.15) is 0 Å². The molecule has 3 heterocycles. The van der Waals surface area contributed by atoms with Crippen LogP contribution >= 0.6 is 0 Å². The van der Waals surface area contributed by atoms with Crippen LogP contribution in [0.1, 0.15) is 27.7 Å². The van der Waals surface area contributed by atoms with Crippen LogP contribution in [0.15, 0.2) is 0 Å². The van der Waals surface area contributed by atoms with Crippen molar-refractivity contribution in [1.82, 2.24) is 9.80 Å². The average molecular weight is 282 g/mol. The lowest BCUT2D eigenvalue weighted by atomic mass is 9.88. The first-order valence-corrected chi connectivity index (χ1v) is 7.03. The highest BCUT2D eigenvalue weighted by Crippen LogP contribution is 2.35. The van der Waals surface area contributed by atoms with Gasteiger partial charge in [-0.3, -0.25) is 9.69 Å². The van der Waals surface area contributed by atoms with Gasteiger partial charge in [0.25, 0.3) is 0 Å². The number of carbonyl (C=O) groups excluding carboxylic acids is 2. The second-order valence-corrected chi connectivity index (χ2v) is 7.39. The van der Waals surface area contributed by atoms with Gasteiger partial charge < -0.3 is 14.4 Å². The van der Waals surface area contributed by atoms with Gasteiger partial charge >= 0.3 is 6.03 Å². The summed E-state index contributed by atoms with van der Waals surface area (Å²) in [6.07, 6.45) is 0. The summed E-state index contributed by atoms with van der Waals surface area (Å²) in [5.41, 5.74) is -1.16. The number of amides is 3. The zero-order chi connectivity index (χ0) is 14.8. The van der Waals surface area contributed by atoms with Gasteiger partial charge in [0.2, 0.25) is 5.91 Å². The largest absolute Gasteiger partial charge is 0.368 e. The van der Waals surface area contributed by atoms with E-state index in [-0.39, 0.29) is 23.1 Å². The molecule has 3 saturated heterocycles. The summed E-state index contributed by atoms with van der Waals surface area (Å²) in [4.78, 5) is 28.1. The normalized spacial score (nSPS) is 39.2. The number of imide groups is 1. The highest BCUT2D eigenvalue weighted by Gasteiger charge is 2.52. The third kappa shape index (κ3) is 2.42. The first-order chi connectivity index (χ1) is 9.14. The Morgan fingerprint density at radius 2 is 1.50 bits per heavy atom. The van der Waals surface area contributed by atoms with E-state index in [1.165, 1.54) is 4.90 Å². The number of epoxide rings is 2. The molecule has 3 aliphatic rings. The second kappa shape index (κ2) is 3.95. The molecule has 20 heavy (non-hydrogen) atoms. The molecule has 0 aromatic heterocycles. The Kier molecular flexibility index (Phi) is 2.73. The van der Waals surface area contributed by atoms with Gasteiger partial charge in [0, 0.05) is 6.54 Å². The van der Waals surface area contributed by atoms with Crippen LogP contribution in [-0.4, -0.2) is 65.8 Å². The van der Waals surface area contributed by atoms with Crippen LogP contribution < -0.4 is 0 Å². The van der Waals surface area contributed by atoms with Gasteiger partial charge in [0.1, 0.15) is 11.2 Å². The monoisotopic (exact) mass is 282 g/mol. The van der Waals surface area contributed by atoms with E-state index in [9.17, 15) is 9.59 Å². The molecule has 3 fully saturated rings. The second-order valence-electron chi connectivity index (χ2n) is 7.39. The minimum atomic E-state index is -0.565. The molecule has 6 heteroatoms. The molecule has 0 spiro atoms. The summed E-state index contributed by atoms with van der Waals surface area (Å²) in [6.45, 7) is 10.3. The van der Waals surface area contributed by atoms with Crippen LogP contribution in [0.2, 0.25) is 0 Å². The Morgan fingerprint density at radius 3 is 2.00 bits per heavy atom. The molecule has 6 nitrogen and oxygen atoms in total. The lowest BCUT2D eigenvalue weighted by Gasteiger charge is -2.43. The molecule has 0 N–H and O–H groups in total. The van der Waals surface area contributed by atoms with Crippen LogP contribution in [0.25, 0.3) is 0 Å². The number of ether oxygens (including phenoxy) is 2. The number of urea groups is 1. The quantitative estimate of drug-likeness (QED) is 0.717. The van der Waals surface area contributed by atoms with E-state index in [2.05, 4.69) is 0 Å². The third-order valence-corrected chi connectivity index (χ3v) is 4.20. The standard InChI is InChI=1S/C14H22N2O4/c1-12(2)5-15(6-13(3)8-19-13)11(18)16(10(12)17)7-14(4)9-20-14/h5-9H2,1-4H3. The molecule has 112 valence electrons. The summed E-state index contributed by atoms with van der Waals surface area (Å²) in [5, 5.41) is 0. The maximum Gasteiger partial charge on any atom is 0.326 e.